The molecule has 0 aliphatic heterocycles. The van der Waals surface area contributed by atoms with E-state index in [0.717, 1.165) is 12.1 Å². The largest absolute Gasteiger partial charge is 0.397 e. The van der Waals surface area contributed by atoms with Crippen LogP contribution in [0.3, 0.4) is 0 Å². The summed E-state index contributed by atoms with van der Waals surface area (Å²) < 4.78 is 0. The summed E-state index contributed by atoms with van der Waals surface area (Å²) in [6, 6.07) is 5.74. The Kier molecular flexibility index (Phi) is 5.01. The van der Waals surface area contributed by atoms with E-state index in [1.807, 2.05) is 6.07 Å². The molecule has 0 aliphatic carbocycles. The molecule has 1 aromatic rings. The van der Waals surface area contributed by atoms with Gasteiger partial charge < -0.3 is 16.4 Å². The Morgan fingerprint density at radius 3 is 2.50 bits per heavy atom. The molecule has 1 rings (SSSR count). The Morgan fingerprint density at radius 2 is 2.06 bits per heavy atom. The van der Waals surface area contributed by atoms with Gasteiger partial charge in [0, 0.05) is 18.7 Å². The predicted octanol–water partition coefficient (Wildman–Crippen LogP) is 2.47. The predicted molar refractivity (Wildman–Crippen MR) is 76.8 cm³/mol. The lowest BCUT2D eigenvalue weighted by Gasteiger charge is -2.23. The van der Waals surface area contributed by atoms with E-state index in [1.54, 1.807) is 19.2 Å². The van der Waals surface area contributed by atoms with Crippen molar-refractivity contribution in [3.8, 4) is 0 Å². The summed E-state index contributed by atoms with van der Waals surface area (Å²) in [4.78, 5) is 11.5. The average molecular weight is 249 g/mol. The van der Waals surface area contributed by atoms with Crippen molar-refractivity contribution >= 4 is 17.3 Å². The Hall–Kier alpha value is -1.71. The maximum Gasteiger partial charge on any atom is 0.251 e. The van der Waals surface area contributed by atoms with E-state index in [0.29, 0.717) is 23.2 Å². The maximum atomic E-state index is 11.5. The summed E-state index contributed by atoms with van der Waals surface area (Å²) in [5.74, 6) is 0.414. The van der Waals surface area contributed by atoms with Crippen LogP contribution in [0.25, 0.3) is 0 Å². The van der Waals surface area contributed by atoms with E-state index < -0.39 is 0 Å². The van der Waals surface area contributed by atoms with Gasteiger partial charge in [-0.25, -0.2) is 0 Å². The number of benzene rings is 1. The lowest BCUT2D eigenvalue weighted by Crippen LogP contribution is -2.25. The van der Waals surface area contributed by atoms with E-state index in [2.05, 4.69) is 31.4 Å². The van der Waals surface area contributed by atoms with Crippen LogP contribution in [0.15, 0.2) is 18.2 Å². The van der Waals surface area contributed by atoms with E-state index in [4.69, 9.17) is 5.73 Å². The van der Waals surface area contributed by atoms with Crippen molar-refractivity contribution in [2.24, 2.45) is 5.92 Å². The summed E-state index contributed by atoms with van der Waals surface area (Å²) in [5, 5.41) is 6.01. The van der Waals surface area contributed by atoms with Gasteiger partial charge in [-0.05, 0) is 30.5 Å². The molecule has 0 aliphatic rings. The third-order valence-electron chi connectivity index (χ3n) is 3.13. The molecule has 0 radical (unpaired) electrons. The van der Waals surface area contributed by atoms with Crippen LogP contribution >= 0.6 is 0 Å². The number of rotatable bonds is 5. The number of nitrogens with two attached hydrogens (primary N) is 1. The van der Waals surface area contributed by atoms with Gasteiger partial charge in [-0.2, -0.15) is 0 Å². The monoisotopic (exact) mass is 249 g/mol. The highest BCUT2D eigenvalue weighted by Crippen LogP contribution is 2.23. The topological polar surface area (TPSA) is 67.2 Å². The summed E-state index contributed by atoms with van der Waals surface area (Å²) in [5.41, 5.74) is 8.05. The van der Waals surface area contributed by atoms with Gasteiger partial charge in [0.25, 0.3) is 5.91 Å². The second-order valence-corrected chi connectivity index (χ2v) is 4.78. The molecule has 1 unspecified atom stereocenters. The van der Waals surface area contributed by atoms with Crippen molar-refractivity contribution in [1.82, 2.24) is 5.32 Å². The second-order valence-electron chi connectivity index (χ2n) is 4.78. The minimum absolute atomic E-state index is 0.121. The second kappa shape index (κ2) is 6.28. The van der Waals surface area contributed by atoms with Crippen molar-refractivity contribution in [2.75, 3.05) is 18.1 Å². The van der Waals surface area contributed by atoms with Crippen molar-refractivity contribution in [3.05, 3.63) is 23.8 Å². The van der Waals surface area contributed by atoms with Crippen LogP contribution in [0, 0.1) is 5.92 Å². The molecule has 0 aromatic heterocycles. The zero-order chi connectivity index (χ0) is 13.7. The van der Waals surface area contributed by atoms with E-state index in [1.165, 1.54) is 0 Å². The number of carbonyl (C=O) groups excluding carboxylic acids is 1. The molecule has 0 spiro atoms. The van der Waals surface area contributed by atoms with Crippen LogP contribution in [0.1, 0.15) is 37.6 Å². The lowest BCUT2D eigenvalue weighted by molar-refractivity contribution is 0.0963. The lowest BCUT2D eigenvalue weighted by atomic mass is 10.0. The standard InChI is InChI=1S/C14H23N3O/c1-5-12(9(2)3)17-13-7-6-10(8-11(13)15)14(18)16-4/h6-9,12,17H,5,15H2,1-4H3,(H,16,18). The van der Waals surface area contributed by atoms with Crippen LogP contribution in [0.2, 0.25) is 0 Å². The number of nitrogens with one attached hydrogen (secondary N) is 2. The number of amides is 1. The molecular weight excluding hydrogens is 226 g/mol. The summed E-state index contributed by atoms with van der Waals surface area (Å²) in [6.45, 7) is 6.50. The van der Waals surface area contributed by atoms with Crippen LogP contribution < -0.4 is 16.4 Å². The summed E-state index contributed by atoms with van der Waals surface area (Å²) in [6.07, 6.45) is 1.04. The fourth-order valence-electron chi connectivity index (χ4n) is 1.92. The molecule has 0 fully saturated rings. The first-order valence-corrected chi connectivity index (χ1v) is 6.37. The highest BCUT2D eigenvalue weighted by atomic mass is 16.1. The van der Waals surface area contributed by atoms with E-state index in [-0.39, 0.29) is 5.91 Å². The zero-order valence-corrected chi connectivity index (χ0v) is 11.6. The number of hydrogen-bond donors (Lipinski definition) is 3. The van der Waals surface area contributed by atoms with Gasteiger partial charge in [-0.3, -0.25) is 4.79 Å². The molecule has 4 heteroatoms. The first kappa shape index (κ1) is 14.4. The first-order valence-electron chi connectivity index (χ1n) is 6.37. The fraction of sp³-hybridized carbons (Fsp3) is 0.500. The number of hydrogen-bond acceptors (Lipinski definition) is 3. The molecule has 4 N–H and O–H groups in total. The van der Waals surface area contributed by atoms with Gasteiger partial charge in [-0.1, -0.05) is 20.8 Å². The number of carbonyl (C=O) groups is 1. The smallest absolute Gasteiger partial charge is 0.251 e. The minimum atomic E-state index is -0.121. The molecular formula is C14H23N3O. The van der Waals surface area contributed by atoms with Crippen LogP contribution in [0.5, 0.6) is 0 Å². The normalized spacial score (nSPS) is 12.3. The summed E-state index contributed by atoms with van der Waals surface area (Å²) in [7, 11) is 1.61. The van der Waals surface area contributed by atoms with Crippen LogP contribution in [0.4, 0.5) is 11.4 Å². The first-order chi connectivity index (χ1) is 8.49. The quantitative estimate of drug-likeness (QED) is 0.702. The third-order valence-corrected chi connectivity index (χ3v) is 3.13. The van der Waals surface area contributed by atoms with Crippen LogP contribution in [-0.2, 0) is 0 Å². The van der Waals surface area contributed by atoms with Crippen molar-refractivity contribution in [2.45, 2.75) is 33.2 Å². The number of anilines is 2. The maximum absolute atomic E-state index is 11.5. The average Bonchev–Trinajstić information content (AvgIpc) is 2.35. The molecule has 18 heavy (non-hydrogen) atoms. The number of nitrogen functional groups attached to an aromatic ring is 1. The van der Waals surface area contributed by atoms with Crippen molar-refractivity contribution < 1.29 is 4.79 Å². The van der Waals surface area contributed by atoms with Gasteiger partial charge in [0.05, 0.1) is 11.4 Å². The minimum Gasteiger partial charge on any atom is -0.397 e. The van der Waals surface area contributed by atoms with Crippen molar-refractivity contribution in [3.63, 3.8) is 0 Å². The molecule has 0 bridgehead atoms. The summed E-state index contributed by atoms with van der Waals surface area (Å²) >= 11 is 0. The molecule has 4 nitrogen and oxygen atoms in total. The Bertz CT molecular complexity index is 416. The fourth-order valence-corrected chi connectivity index (χ4v) is 1.92. The molecule has 1 atom stereocenters. The highest BCUT2D eigenvalue weighted by molar-refractivity contribution is 5.95. The molecule has 0 saturated heterocycles. The molecule has 1 amide bonds. The van der Waals surface area contributed by atoms with Crippen LogP contribution in [-0.4, -0.2) is 19.0 Å². The van der Waals surface area contributed by atoms with Gasteiger partial charge in [-0.15, -0.1) is 0 Å². The Labute approximate surface area is 109 Å². The van der Waals surface area contributed by atoms with E-state index in [9.17, 15) is 4.79 Å². The highest BCUT2D eigenvalue weighted by Gasteiger charge is 2.13. The zero-order valence-electron chi connectivity index (χ0n) is 11.6. The van der Waals surface area contributed by atoms with E-state index >= 15 is 0 Å². The third kappa shape index (κ3) is 3.39. The van der Waals surface area contributed by atoms with Crippen molar-refractivity contribution in [1.29, 1.82) is 0 Å². The van der Waals surface area contributed by atoms with Gasteiger partial charge in [0.2, 0.25) is 0 Å². The molecule has 0 heterocycles. The SMILES string of the molecule is CCC(Nc1ccc(C(=O)NC)cc1N)C(C)C. The Morgan fingerprint density at radius 1 is 1.39 bits per heavy atom. The Balaban J connectivity index is 2.89. The van der Waals surface area contributed by atoms with Gasteiger partial charge in [0.1, 0.15) is 0 Å². The van der Waals surface area contributed by atoms with Gasteiger partial charge in [0.15, 0.2) is 0 Å². The molecule has 100 valence electrons. The molecule has 1 aromatic carbocycles. The van der Waals surface area contributed by atoms with Gasteiger partial charge >= 0.3 is 0 Å². The molecule has 0 saturated carbocycles.